The number of hydrogen-bond donors (Lipinski definition) is 0. The number of nitrogens with zero attached hydrogens (tertiary/aromatic N) is 1. The van der Waals surface area contributed by atoms with Gasteiger partial charge >= 0.3 is 5.97 Å². The van der Waals surface area contributed by atoms with Gasteiger partial charge in [0.1, 0.15) is 18.1 Å². The first kappa shape index (κ1) is 16.5. The minimum atomic E-state index is -0.422. The van der Waals surface area contributed by atoms with E-state index < -0.39 is 5.97 Å². The average Bonchev–Trinajstić information content (AvgIpc) is 2.67. The largest absolute Gasteiger partial charge is 0.489 e. The molecule has 0 amide bonds. The Kier molecular flexibility index (Phi) is 5.56. The van der Waals surface area contributed by atoms with Crippen LogP contribution >= 0.6 is 0 Å². The Labute approximate surface area is 146 Å². The number of rotatable bonds is 6. The number of aromatic nitrogens is 1. The summed E-state index contributed by atoms with van der Waals surface area (Å²) >= 11 is 0. The highest BCUT2D eigenvalue weighted by Crippen LogP contribution is 2.19. The number of pyridine rings is 1. The maximum absolute atomic E-state index is 11.8. The van der Waals surface area contributed by atoms with Crippen LogP contribution in [0.25, 0.3) is 6.08 Å². The van der Waals surface area contributed by atoms with Crippen LogP contribution in [0.5, 0.6) is 11.5 Å². The second-order valence-electron chi connectivity index (χ2n) is 5.28. The number of carbonyl (C=O) groups excluding carboxylic acids is 1. The molecule has 0 saturated heterocycles. The van der Waals surface area contributed by atoms with Crippen LogP contribution in [0.2, 0.25) is 0 Å². The minimum absolute atomic E-state index is 0.422. The lowest BCUT2D eigenvalue weighted by Crippen LogP contribution is -2.03. The molecule has 1 heterocycles. The molecule has 0 saturated carbocycles. The number of benzene rings is 2. The van der Waals surface area contributed by atoms with Crippen molar-refractivity contribution < 1.29 is 14.3 Å². The molecule has 1 aromatic heterocycles. The molecular formula is C21H17NO3. The molecule has 4 heteroatoms. The van der Waals surface area contributed by atoms with E-state index in [-0.39, 0.29) is 0 Å². The molecule has 0 aliphatic rings. The van der Waals surface area contributed by atoms with Crippen LogP contribution in [0.4, 0.5) is 0 Å². The van der Waals surface area contributed by atoms with Crippen LogP contribution in [0, 0.1) is 0 Å². The van der Waals surface area contributed by atoms with Gasteiger partial charge in [0, 0.05) is 18.5 Å². The van der Waals surface area contributed by atoms with Gasteiger partial charge in [-0.15, -0.1) is 0 Å². The van der Waals surface area contributed by atoms with Crippen molar-refractivity contribution in [1.82, 2.24) is 4.98 Å². The highest BCUT2D eigenvalue weighted by molar-refractivity contribution is 5.88. The fraction of sp³-hybridized carbons (Fsp3) is 0.0476. The van der Waals surface area contributed by atoms with Gasteiger partial charge in [-0.3, -0.25) is 4.98 Å². The van der Waals surface area contributed by atoms with E-state index in [0.717, 1.165) is 11.1 Å². The first-order valence-electron chi connectivity index (χ1n) is 7.86. The van der Waals surface area contributed by atoms with Gasteiger partial charge in [0.15, 0.2) is 0 Å². The van der Waals surface area contributed by atoms with Gasteiger partial charge in [-0.05, 0) is 53.6 Å². The normalized spacial score (nSPS) is 10.6. The van der Waals surface area contributed by atoms with Crippen molar-refractivity contribution in [1.29, 1.82) is 0 Å². The van der Waals surface area contributed by atoms with Gasteiger partial charge < -0.3 is 9.47 Å². The molecule has 0 spiro atoms. The SMILES string of the molecule is O=C(/C=C/c1ccccc1)Oc1ccc(OCc2ccncc2)cc1. The fourth-order valence-electron chi connectivity index (χ4n) is 2.13. The maximum atomic E-state index is 11.8. The Hall–Kier alpha value is -3.40. The number of hydrogen-bond acceptors (Lipinski definition) is 4. The summed E-state index contributed by atoms with van der Waals surface area (Å²) in [5.41, 5.74) is 1.98. The molecule has 124 valence electrons. The van der Waals surface area contributed by atoms with Gasteiger partial charge in [-0.2, -0.15) is 0 Å². The zero-order valence-corrected chi connectivity index (χ0v) is 13.5. The highest BCUT2D eigenvalue weighted by Gasteiger charge is 2.02. The van der Waals surface area contributed by atoms with E-state index in [2.05, 4.69) is 4.98 Å². The number of carbonyl (C=O) groups is 1. The molecule has 0 unspecified atom stereocenters. The second-order valence-corrected chi connectivity index (χ2v) is 5.28. The Bertz CT molecular complexity index is 828. The van der Waals surface area contributed by atoms with Crippen molar-refractivity contribution in [3.8, 4) is 11.5 Å². The molecule has 4 nitrogen and oxygen atoms in total. The Morgan fingerprint density at radius 2 is 1.56 bits per heavy atom. The van der Waals surface area contributed by atoms with Gasteiger partial charge in [-0.25, -0.2) is 4.79 Å². The average molecular weight is 331 g/mol. The summed E-state index contributed by atoms with van der Waals surface area (Å²) in [6, 6.07) is 20.3. The zero-order chi connectivity index (χ0) is 17.3. The zero-order valence-electron chi connectivity index (χ0n) is 13.5. The van der Waals surface area contributed by atoms with Crippen molar-refractivity contribution >= 4 is 12.0 Å². The van der Waals surface area contributed by atoms with E-state index in [1.54, 1.807) is 42.7 Å². The van der Waals surface area contributed by atoms with Crippen LogP contribution in [-0.4, -0.2) is 11.0 Å². The third kappa shape index (κ3) is 5.32. The topological polar surface area (TPSA) is 48.4 Å². The van der Waals surface area contributed by atoms with E-state index in [1.807, 2.05) is 42.5 Å². The van der Waals surface area contributed by atoms with Gasteiger partial charge in [0.05, 0.1) is 0 Å². The molecule has 0 radical (unpaired) electrons. The van der Waals surface area contributed by atoms with Crippen molar-refractivity contribution in [3.05, 3.63) is 96.3 Å². The summed E-state index contributed by atoms with van der Waals surface area (Å²) < 4.78 is 10.9. The van der Waals surface area contributed by atoms with Gasteiger partial charge in [-0.1, -0.05) is 30.3 Å². The van der Waals surface area contributed by atoms with Crippen LogP contribution in [0.1, 0.15) is 11.1 Å². The molecule has 2 aromatic carbocycles. The van der Waals surface area contributed by atoms with Crippen molar-refractivity contribution in [2.75, 3.05) is 0 Å². The fourth-order valence-corrected chi connectivity index (χ4v) is 2.13. The van der Waals surface area contributed by atoms with E-state index in [0.29, 0.717) is 18.1 Å². The molecule has 3 aromatic rings. The predicted molar refractivity (Wildman–Crippen MR) is 96.1 cm³/mol. The molecule has 0 fully saturated rings. The summed E-state index contributed by atoms with van der Waals surface area (Å²) in [7, 11) is 0. The molecule has 0 aliphatic carbocycles. The quantitative estimate of drug-likeness (QED) is 0.384. The van der Waals surface area contributed by atoms with Crippen molar-refractivity contribution in [2.45, 2.75) is 6.61 Å². The molecular weight excluding hydrogens is 314 g/mol. The van der Waals surface area contributed by atoms with E-state index in [1.165, 1.54) is 6.08 Å². The van der Waals surface area contributed by atoms with Crippen LogP contribution < -0.4 is 9.47 Å². The summed E-state index contributed by atoms with van der Waals surface area (Å²) in [6.07, 6.45) is 6.58. The van der Waals surface area contributed by atoms with Gasteiger partial charge in [0.2, 0.25) is 0 Å². The summed E-state index contributed by atoms with van der Waals surface area (Å²) in [6.45, 7) is 0.460. The van der Waals surface area contributed by atoms with E-state index >= 15 is 0 Å². The standard InChI is InChI=1S/C21H17NO3/c23-21(11-6-17-4-2-1-3-5-17)25-20-9-7-19(8-10-20)24-16-18-12-14-22-15-13-18/h1-15H,16H2/b11-6+. The highest BCUT2D eigenvalue weighted by atomic mass is 16.5. The van der Waals surface area contributed by atoms with Crippen LogP contribution in [-0.2, 0) is 11.4 Å². The summed E-state index contributed by atoms with van der Waals surface area (Å²) in [5, 5.41) is 0. The monoisotopic (exact) mass is 331 g/mol. The lowest BCUT2D eigenvalue weighted by atomic mass is 10.2. The Morgan fingerprint density at radius 1 is 0.880 bits per heavy atom. The summed E-state index contributed by atoms with van der Waals surface area (Å²) in [5.74, 6) is 0.754. The number of ether oxygens (including phenoxy) is 2. The van der Waals surface area contributed by atoms with Crippen molar-refractivity contribution in [3.63, 3.8) is 0 Å². The molecule has 25 heavy (non-hydrogen) atoms. The molecule has 0 N–H and O–H groups in total. The van der Waals surface area contributed by atoms with E-state index in [9.17, 15) is 4.79 Å². The van der Waals surface area contributed by atoms with Gasteiger partial charge in [0.25, 0.3) is 0 Å². The lowest BCUT2D eigenvalue weighted by molar-refractivity contribution is -0.128. The smallest absolute Gasteiger partial charge is 0.336 e. The van der Waals surface area contributed by atoms with Crippen LogP contribution in [0.3, 0.4) is 0 Å². The van der Waals surface area contributed by atoms with E-state index in [4.69, 9.17) is 9.47 Å². The number of esters is 1. The molecule has 3 rings (SSSR count). The lowest BCUT2D eigenvalue weighted by Gasteiger charge is -2.07. The second kappa shape index (κ2) is 8.45. The molecule has 0 aliphatic heterocycles. The minimum Gasteiger partial charge on any atom is -0.489 e. The predicted octanol–water partition coefficient (Wildman–Crippen LogP) is 4.28. The molecule has 0 bridgehead atoms. The first-order valence-corrected chi connectivity index (χ1v) is 7.86. The Balaban J connectivity index is 1.52. The third-order valence-electron chi connectivity index (χ3n) is 3.41. The molecule has 0 atom stereocenters. The van der Waals surface area contributed by atoms with Crippen molar-refractivity contribution in [2.24, 2.45) is 0 Å². The summed E-state index contributed by atoms with van der Waals surface area (Å²) in [4.78, 5) is 15.8. The van der Waals surface area contributed by atoms with Crippen LogP contribution in [0.15, 0.2) is 85.2 Å². The Morgan fingerprint density at radius 3 is 2.28 bits per heavy atom. The first-order chi connectivity index (χ1) is 12.3. The third-order valence-corrected chi connectivity index (χ3v) is 3.41. The maximum Gasteiger partial charge on any atom is 0.336 e.